The molecule has 3 rings (SSSR count). The molecule has 0 bridgehead atoms. The van der Waals surface area contributed by atoms with E-state index in [1.165, 1.54) is 0 Å². The van der Waals surface area contributed by atoms with Gasteiger partial charge >= 0.3 is 6.09 Å². The van der Waals surface area contributed by atoms with Gasteiger partial charge in [-0.3, -0.25) is 14.5 Å². The molecule has 0 saturated carbocycles. The van der Waals surface area contributed by atoms with E-state index < -0.39 is 5.60 Å². The van der Waals surface area contributed by atoms with E-state index in [2.05, 4.69) is 11.7 Å². The zero-order valence-electron chi connectivity index (χ0n) is 16.9. The Bertz CT molecular complexity index is 764. The van der Waals surface area contributed by atoms with Gasteiger partial charge in [-0.25, -0.2) is 9.80 Å². The van der Waals surface area contributed by atoms with E-state index in [9.17, 15) is 9.59 Å². The van der Waals surface area contributed by atoms with Crippen LogP contribution in [-0.4, -0.2) is 68.5 Å². The monoisotopic (exact) mass is 375 g/mol. The van der Waals surface area contributed by atoms with Crippen LogP contribution in [0, 0.1) is 0 Å². The van der Waals surface area contributed by atoms with Gasteiger partial charge in [-0.2, -0.15) is 5.10 Å². The Morgan fingerprint density at radius 3 is 2.70 bits per heavy atom. The first-order valence-corrected chi connectivity index (χ1v) is 9.34. The summed E-state index contributed by atoms with van der Waals surface area (Å²) in [6.45, 7) is 13.5. The number of amides is 2. The van der Waals surface area contributed by atoms with Gasteiger partial charge in [0.25, 0.3) is 5.91 Å². The molecule has 148 valence electrons. The second kappa shape index (κ2) is 6.99. The summed E-state index contributed by atoms with van der Waals surface area (Å²) in [6, 6.07) is -0.0309. The predicted molar refractivity (Wildman–Crippen MR) is 101 cm³/mol. The Hall–Kier alpha value is -2.35. The smallest absolute Gasteiger partial charge is 0.410 e. The van der Waals surface area contributed by atoms with E-state index >= 15 is 0 Å². The van der Waals surface area contributed by atoms with Crippen LogP contribution in [-0.2, 0) is 24.2 Å². The summed E-state index contributed by atoms with van der Waals surface area (Å²) < 4.78 is 7.34. The molecule has 0 aromatic carbocycles. The van der Waals surface area contributed by atoms with E-state index in [0.29, 0.717) is 38.3 Å². The van der Waals surface area contributed by atoms with E-state index in [0.717, 1.165) is 11.3 Å². The third-order valence-corrected chi connectivity index (χ3v) is 4.94. The van der Waals surface area contributed by atoms with Gasteiger partial charge in [0.05, 0.1) is 18.8 Å². The van der Waals surface area contributed by atoms with E-state index in [-0.39, 0.29) is 18.0 Å². The summed E-state index contributed by atoms with van der Waals surface area (Å²) in [4.78, 5) is 27.4. The number of nitrogens with zero attached hydrogens (tertiary/aromatic N) is 5. The van der Waals surface area contributed by atoms with Gasteiger partial charge in [0.2, 0.25) is 0 Å². The van der Waals surface area contributed by atoms with Crippen molar-refractivity contribution >= 4 is 12.0 Å². The molecule has 3 heterocycles. The molecule has 0 spiro atoms. The van der Waals surface area contributed by atoms with Crippen molar-refractivity contribution in [2.24, 2.45) is 0 Å². The van der Waals surface area contributed by atoms with Gasteiger partial charge in [-0.05, 0) is 27.7 Å². The molecule has 8 nitrogen and oxygen atoms in total. The van der Waals surface area contributed by atoms with Crippen LogP contribution in [0.1, 0.15) is 49.4 Å². The number of hydrogen-bond acceptors (Lipinski definition) is 5. The molecule has 8 heteroatoms. The Balaban J connectivity index is 1.91. The van der Waals surface area contributed by atoms with Gasteiger partial charge in [-0.1, -0.05) is 6.08 Å². The first-order chi connectivity index (χ1) is 12.6. The molecule has 0 N–H and O–H groups in total. The SMILES string of the molecule is C=CCN1CCn2nc3c(c2C(=O)N1C)CN(C(=O)OC(C)(C)C)[C@H](C)C3. The minimum Gasteiger partial charge on any atom is -0.444 e. The molecule has 0 aliphatic carbocycles. The number of hydrogen-bond donors (Lipinski definition) is 0. The Morgan fingerprint density at radius 2 is 2.07 bits per heavy atom. The Kier molecular flexibility index (Phi) is 5.03. The van der Waals surface area contributed by atoms with Crippen molar-refractivity contribution in [3.8, 4) is 0 Å². The topological polar surface area (TPSA) is 70.9 Å². The maximum atomic E-state index is 13.1. The molecule has 0 saturated heterocycles. The summed E-state index contributed by atoms with van der Waals surface area (Å²) in [5.74, 6) is -0.109. The quantitative estimate of drug-likeness (QED) is 0.740. The highest BCUT2D eigenvalue weighted by atomic mass is 16.6. The van der Waals surface area contributed by atoms with Gasteiger partial charge in [0.1, 0.15) is 11.3 Å². The highest BCUT2D eigenvalue weighted by molar-refractivity contribution is 5.94. The van der Waals surface area contributed by atoms with Crippen molar-refractivity contribution in [1.29, 1.82) is 0 Å². The molecule has 2 amide bonds. The van der Waals surface area contributed by atoms with Crippen molar-refractivity contribution in [2.45, 2.75) is 58.8 Å². The van der Waals surface area contributed by atoms with Crippen molar-refractivity contribution in [1.82, 2.24) is 24.7 Å². The normalized spacial score (nSPS) is 20.8. The summed E-state index contributed by atoms with van der Waals surface area (Å²) >= 11 is 0. The molecule has 2 aliphatic rings. The molecule has 0 fully saturated rings. The van der Waals surface area contributed by atoms with Crippen molar-refractivity contribution in [2.75, 3.05) is 20.1 Å². The molecule has 0 radical (unpaired) electrons. The van der Waals surface area contributed by atoms with Crippen LogP contribution >= 0.6 is 0 Å². The molecule has 0 unspecified atom stereocenters. The Morgan fingerprint density at radius 1 is 1.37 bits per heavy atom. The third-order valence-electron chi connectivity index (χ3n) is 4.94. The molecular weight excluding hydrogens is 346 g/mol. The van der Waals surface area contributed by atoms with Crippen LogP contribution in [0.5, 0.6) is 0 Å². The van der Waals surface area contributed by atoms with Gasteiger partial charge < -0.3 is 9.64 Å². The van der Waals surface area contributed by atoms with Crippen molar-refractivity contribution in [3.05, 3.63) is 29.6 Å². The second-order valence-corrected chi connectivity index (χ2v) is 8.19. The van der Waals surface area contributed by atoms with Crippen LogP contribution in [0.4, 0.5) is 4.79 Å². The lowest BCUT2D eigenvalue weighted by Crippen LogP contribution is -2.46. The van der Waals surface area contributed by atoms with E-state index in [4.69, 9.17) is 4.74 Å². The van der Waals surface area contributed by atoms with Gasteiger partial charge in [-0.15, -0.1) is 6.58 Å². The van der Waals surface area contributed by atoms with E-state index in [1.807, 2.05) is 32.7 Å². The zero-order valence-corrected chi connectivity index (χ0v) is 16.9. The van der Waals surface area contributed by atoms with Crippen LogP contribution in [0.2, 0.25) is 0 Å². The number of fused-ring (bicyclic) bond motifs is 3. The average Bonchev–Trinajstić information content (AvgIpc) is 2.86. The van der Waals surface area contributed by atoms with Crippen LogP contribution in [0.15, 0.2) is 12.7 Å². The third kappa shape index (κ3) is 3.71. The number of carbonyl (C=O) groups is 2. The largest absolute Gasteiger partial charge is 0.444 e. The molecule has 27 heavy (non-hydrogen) atoms. The zero-order chi connectivity index (χ0) is 19.9. The Labute approximate surface area is 160 Å². The number of aromatic nitrogens is 2. The van der Waals surface area contributed by atoms with Crippen molar-refractivity contribution in [3.63, 3.8) is 0 Å². The van der Waals surface area contributed by atoms with E-state index in [1.54, 1.807) is 27.7 Å². The van der Waals surface area contributed by atoms with Gasteiger partial charge in [0.15, 0.2) is 0 Å². The number of carbonyl (C=O) groups excluding carboxylic acids is 2. The summed E-state index contributed by atoms with van der Waals surface area (Å²) in [5, 5.41) is 8.25. The molecule has 1 atom stereocenters. The summed E-state index contributed by atoms with van der Waals surface area (Å²) in [5.41, 5.74) is 1.74. The summed E-state index contributed by atoms with van der Waals surface area (Å²) in [6.07, 6.45) is 2.03. The molecule has 1 aromatic heterocycles. The van der Waals surface area contributed by atoms with Gasteiger partial charge in [0, 0.05) is 38.2 Å². The second-order valence-electron chi connectivity index (χ2n) is 8.19. The highest BCUT2D eigenvalue weighted by Crippen LogP contribution is 2.29. The molecular formula is C19H29N5O3. The number of hydrazine groups is 1. The van der Waals surface area contributed by atoms with Crippen molar-refractivity contribution < 1.29 is 14.3 Å². The lowest BCUT2D eigenvalue weighted by atomic mass is 9.99. The fourth-order valence-electron chi connectivity index (χ4n) is 3.57. The first-order valence-electron chi connectivity index (χ1n) is 9.34. The predicted octanol–water partition coefficient (Wildman–Crippen LogP) is 2.05. The molecule has 2 aliphatic heterocycles. The summed E-state index contributed by atoms with van der Waals surface area (Å²) in [7, 11) is 1.76. The maximum absolute atomic E-state index is 13.1. The van der Waals surface area contributed by atoms with Crippen LogP contribution in [0.25, 0.3) is 0 Å². The lowest BCUT2D eigenvalue weighted by molar-refractivity contribution is 0.0114. The number of rotatable bonds is 2. The fourth-order valence-corrected chi connectivity index (χ4v) is 3.57. The first kappa shape index (κ1) is 19.4. The average molecular weight is 375 g/mol. The maximum Gasteiger partial charge on any atom is 0.410 e. The standard InChI is InChI=1S/C19H29N5O3/c1-7-8-22-9-10-24-16(17(25)21(22)6)14-12-23(13(2)11-15(14)20-24)18(26)27-19(3,4)5/h7,13H,1,8-12H2,2-6H3/t13-/m1/s1. The van der Waals surface area contributed by atoms with Crippen LogP contribution < -0.4 is 0 Å². The highest BCUT2D eigenvalue weighted by Gasteiger charge is 2.38. The minimum atomic E-state index is -0.561. The number of ether oxygens (including phenoxy) is 1. The lowest BCUT2D eigenvalue weighted by Gasteiger charge is -2.35. The molecule has 1 aromatic rings. The van der Waals surface area contributed by atoms with Crippen LogP contribution in [0.3, 0.4) is 0 Å². The minimum absolute atomic E-state index is 0.0309. The fraction of sp³-hybridized carbons (Fsp3) is 0.632.